The van der Waals surface area contributed by atoms with Crippen LogP contribution in [0.1, 0.15) is 81.0 Å². The molecule has 0 heterocycles. The van der Waals surface area contributed by atoms with E-state index in [0.717, 1.165) is 25.7 Å². The van der Waals surface area contributed by atoms with Crippen LogP contribution in [0.3, 0.4) is 0 Å². The molecule has 1 aromatic rings. The van der Waals surface area contributed by atoms with Crippen LogP contribution in [0.25, 0.3) is 0 Å². The van der Waals surface area contributed by atoms with Crippen molar-refractivity contribution in [3.63, 3.8) is 0 Å². The Labute approximate surface area is 145 Å². The number of hydrogen-bond acceptors (Lipinski definition) is 4. The van der Waals surface area contributed by atoms with Crippen molar-refractivity contribution in [2.75, 3.05) is 6.61 Å². The lowest BCUT2D eigenvalue weighted by Gasteiger charge is -2.23. The topological polar surface area (TPSA) is 52.6 Å². The zero-order chi connectivity index (χ0) is 18.2. The first-order valence-electron chi connectivity index (χ1n) is 8.71. The monoisotopic (exact) mass is 334 g/mol. The highest BCUT2D eigenvalue weighted by atomic mass is 16.5. The van der Waals surface area contributed by atoms with Gasteiger partial charge in [-0.3, -0.25) is 0 Å². The van der Waals surface area contributed by atoms with E-state index in [2.05, 4.69) is 27.7 Å². The molecule has 1 aromatic carbocycles. The minimum Gasteiger partial charge on any atom is -0.462 e. The summed E-state index contributed by atoms with van der Waals surface area (Å²) in [5.41, 5.74) is 0.595. The van der Waals surface area contributed by atoms with Crippen LogP contribution in [0.2, 0.25) is 0 Å². The zero-order valence-corrected chi connectivity index (χ0v) is 15.6. The molecule has 24 heavy (non-hydrogen) atoms. The smallest absolute Gasteiger partial charge is 0.339 e. The Morgan fingerprint density at radius 1 is 1.04 bits per heavy atom. The van der Waals surface area contributed by atoms with Crippen molar-refractivity contribution in [1.82, 2.24) is 0 Å². The minimum atomic E-state index is -0.479. The maximum Gasteiger partial charge on any atom is 0.339 e. The number of benzene rings is 1. The van der Waals surface area contributed by atoms with Crippen molar-refractivity contribution in [2.45, 2.75) is 66.4 Å². The Kier molecular flexibility index (Phi) is 7.96. The average molecular weight is 334 g/mol. The van der Waals surface area contributed by atoms with Gasteiger partial charge in [0.2, 0.25) is 0 Å². The number of ether oxygens (including phenoxy) is 2. The quantitative estimate of drug-likeness (QED) is 0.495. The van der Waals surface area contributed by atoms with Crippen molar-refractivity contribution in [1.29, 1.82) is 0 Å². The summed E-state index contributed by atoms with van der Waals surface area (Å²) < 4.78 is 10.8. The fraction of sp³-hybridized carbons (Fsp3) is 0.600. The van der Waals surface area contributed by atoms with E-state index in [1.54, 1.807) is 24.3 Å². The lowest BCUT2D eigenvalue weighted by molar-refractivity contribution is 0.0244. The predicted octanol–water partition coefficient (Wildman–Crippen LogP) is 5.02. The molecule has 1 unspecified atom stereocenters. The Morgan fingerprint density at radius 2 is 1.62 bits per heavy atom. The third-order valence-corrected chi connectivity index (χ3v) is 3.56. The van der Waals surface area contributed by atoms with Crippen LogP contribution in [0.15, 0.2) is 24.3 Å². The maximum absolute atomic E-state index is 12.4. The first-order chi connectivity index (χ1) is 11.2. The fourth-order valence-corrected chi connectivity index (χ4v) is 2.58. The molecule has 0 N–H and O–H groups in total. The number of esters is 2. The fourth-order valence-electron chi connectivity index (χ4n) is 2.58. The Hall–Kier alpha value is -1.84. The van der Waals surface area contributed by atoms with E-state index in [-0.39, 0.29) is 22.6 Å². The molecule has 134 valence electrons. The lowest BCUT2D eigenvalue weighted by atomic mass is 9.90. The van der Waals surface area contributed by atoms with Crippen LogP contribution < -0.4 is 0 Å². The number of carbonyl (C=O) groups excluding carboxylic acids is 2. The van der Waals surface area contributed by atoms with Gasteiger partial charge >= 0.3 is 11.9 Å². The Bertz CT molecular complexity index is 543. The van der Waals surface area contributed by atoms with Crippen molar-refractivity contribution < 1.29 is 19.1 Å². The van der Waals surface area contributed by atoms with Crippen LogP contribution in [0.4, 0.5) is 0 Å². The van der Waals surface area contributed by atoms with Crippen molar-refractivity contribution >= 4 is 11.9 Å². The van der Waals surface area contributed by atoms with Crippen LogP contribution in [0.5, 0.6) is 0 Å². The number of rotatable bonds is 8. The van der Waals surface area contributed by atoms with Crippen LogP contribution in [0, 0.1) is 5.41 Å². The SMILES string of the molecule is CCCCCOC(=O)c1ccccc1C(=O)OC(C)CC(C)(C)C. The average Bonchev–Trinajstić information content (AvgIpc) is 2.49. The van der Waals surface area contributed by atoms with E-state index < -0.39 is 11.9 Å². The molecule has 0 bridgehead atoms. The Morgan fingerprint density at radius 3 is 2.17 bits per heavy atom. The third-order valence-electron chi connectivity index (χ3n) is 3.56. The van der Waals surface area contributed by atoms with Gasteiger partial charge in [-0.25, -0.2) is 9.59 Å². The predicted molar refractivity (Wildman–Crippen MR) is 95.2 cm³/mol. The van der Waals surface area contributed by atoms with Gasteiger partial charge in [0.1, 0.15) is 0 Å². The highest BCUT2D eigenvalue weighted by molar-refractivity contribution is 6.03. The summed E-state index contributed by atoms with van der Waals surface area (Å²) in [4.78, 5) is 24.6. The van der Waals surface area contributed by atoms with Crippen molar-refractivity contribution in [3.05, 3.63) is 35.4 Å². The van der Waals surface area contributed by atoms with E-state index >= 15 is 0 Å². The zero-order valence-electron chi connectivity index (χ0n) is 15.6. The second-order valence-corrected chi connectivity index (χ2v) is 7.37. The van der Waals surface area contributed by atoms with Crippen molar-refractivity contribution in [3.8, 4) is 0 Å². The molecule has 0 fully saturated rings. The number of hydrogen-bond donors (Lipinski definition) is 0. The molecule has 0 saturated heterocycles. The molecule has 4 heteroatoms. The molecule has 0 aliphatic heterocycles. The van der Waals surface area contributed by atoms with Gasteiger partial charge in [-0.05, 0) is 37.3 Å². The summed E-state index contributed by atoms with van der Waals surface area (Å²) in [6, 6.07) is 6.65. The summed E-state index contributed by atoms with van der Waals surface area (Å²) in [7, 11) is 0. The van der Waals surface area contributed by atoms with Gasteiger partial charge in [-0.2, -0.15) is 0 Å². The molecular weight excluding hydrogens is 304 g/mol. The maximum atomic E-state index is 12.4. The molecule has 0 radical (unpaired) electrons. The Balaban J connectivity index is 2.74. The van der Waals surface area contributed by atoms with Gasteiger partial charge in [0.25, 0.3) is 0 Å². The summed E-state index contributed by atoms with van der Waals surface area (Å²) in [6.07, 6.45) is 3.44. The largest absolute Gasteiger partial charge is 0.462 e. The van der Waals surface area contributed by atoms with E-state index in [1.807, 2.05) is 6.92 Å². The van der Waals surface area contributed by atoms with Gasteiger partial charge < -0.3 is 9.47 Å². The first kappa shape index (κ1) is 20.2. The first-order valence-corrected chi connectivity index (χ1v) is 8.71. The van der Waals surface area contributed by atoms with E-state index in [1.165, 1.54) is 0 Å². The van der Waals surface area contributed by atoms with E-state index in [4.69, 9.17) is 9.47 Å². The van der Waals surface area contributed by atoms with Gasteiger partial charge in [0.15, 0.2) is 0 Å². The summed E-state index contributed by atoms with van der Waals surface area (Å²) in [6.45, 7) is 10.6. The number of unbranched alkanes of at least 4 members (excludes halogenated alkanes) is 2. The molecule has 0 aromatic heterocycles. The molecule has 1 rings (SSSR count). The van der Waals surface area contributed by atoms with Gasteiger partial charge in [0, 0.05) is 0 Å². The van der Waals surface area contributed by atoms with Gasteiger partial charge in [-0.15, -0.1) is 0 Å². The minimum absolute atomic E-state index is 0.0669. The molecular formula is C20H30O4. The second kappa shape index (κ2) is 9.45. The molecule has 0 saturated carbocycles. The molecule has 0 aliphatic rings. The van der Waals surface area contributed by atoms with Crippen molar-refractivity contribution in [2.24, 2.45) is 5.41 Å². The normalized spacial score (nSPS) is 12.5. The highest BCUT2D eigenvalue weighted by Crippen LogP contribution is 2.23. The van der Waals surface area contributed by atoms with Gasteiger partial charge in [-0.1, -0.05) is 52.7 Å². The lowest BCUT2D eigenvalue weighted by Crippen LogP contribution is -2.23. The summed E-state index contributed by atoms with van der Waals surface area (Å²) >= 11 is 0. The van der Waals surface area contributed by atoms with Gasteiger partial charge in [0.05, 0.1) is 23.8 Å². The second-order valence-electron chi connectivity index (χ2n) is 7.37. The van der Waals surface area contributed by atoms with Crippen LogP contribution in [-0.2, 0) is 9.47 Å². The van der Waals surface area contributed by atoms with E-state index in [9.17, 15) is 9.59 Å². The molecule has 4 nitrogen and oxygen atoms in total. The highest BCUT2D eigenvalue weighted by Gasteiger charge is 2.23. The molecule has 0 spiro atoms. The summed E-state index contributed by atoms with van der Waals surface area (Å²) in [5.74, 6) is -0.949. The molecule has 0 amide bonds. The third kappa shape index (κ3) is 7.16. The van der Waals surface area contributed by atoms with E-state index in [0.29, 0.717) is 6.61 Å². The standard InChI is InChI=1S/C20H30O4/c1-6-7-10-13-23-18(21)16-11-8-9-12-17(16)19(22)24-15(2)14-20(3,4)5/h8-9,11-12,15H,6-7,10,13-14H2,1-5H3. The molecule has 1 atom stereocenters. The van der Waals surface area contributed by atoms with Crippen LogP contribution >= 0.6 is 0 Å². The number of carbonyl (C=O) groups is 2. The molecule has 0 aliphatic carbocycles. The van der Waals surface area contributed by atoms with Crippen LogP contribution in [-0.4, -0.2) is 24.6 Å². The summed E-state index contributed by atoms with van der Waals surface area (Å²) in [5, 5.41) is 0.